The first-order valence-corrected chi connectivity index (χ1v) is 8.23. The van der Waals surface area contributed by atoms with Crippen LogP contribution < -0.4 is 5.32 Å². The molecule has 0 radical (unpaired) electrons. The summed E-state index contributed by atoms with van der Waals surface area (Å²) in [4.78, 5) is 22.3. The second kappa shape index (κ2) is 7.95. The number of aromatic nitrogens is 2. The van der Waals surface area contributed by atoms with Crippen LogP contribution in [0.1, 0.15) is 33.7 Å². The number of nitro groups is 1. The van der Waals surface area contributed by atoms with Gasteiger partial charge in [-0.25, -0.2) is 0 Å². The summed E-state index contributed by atoms with van der Waals surface area (Å²) >= 11 is 5.67. The molecule has 27 heavy (non-hydrogen) atoms. The maximum atomic E-state index is 12.8. The molecule has 2 rings (SSSR count). The maximum Gasteiger partial charge on any atom is 0.436 e. The van der Waals surface area contributed by atoms with Gasteiger partial charge in [-0.15, -0.1) is 0 Å². The molecule has 146 valence electrons. The molecule has 0 spiro atoms. The first-order chi connectivity index (χ1) is 12.5. The Morgan fingerprint density at radius 3 is 2.56 bits per heavy atom. The molecule has 0 aliphatic rings. The molecule has 0 atom stereocenters. The van der Waals surface area contributed by atoms with Gasteiger partial charge in [0.15, 0.2) is 5.69 Å². The Hall–Kier alpha value is -2.62. The number of alkyl halides is 3. The molecule has 1 heterocycles. The Morgan fingerprint density at radius 1 is 1.37 bits per heavy atom. The van der Waals surface area contributed by atoms with Crippen LogP contribution in [0.15, 0.2) is 18.2 Å². The second-order valence-electron chi connectivity index (χ2n) is 5.84. The van der Waals surface area contributed by atoms with Crippen LogP contribution in [-0.2, 0) is 12.7 Å². The van der Waals surface area contributed by atoms with E-state index in [2.05, 4.69) is 10.4 Å². The first-order valence-electron chi connectivity index (χ1n) is 7.85. The smallest absolute Gasteiger partial charge is 0.352 e. The summed E-state index contributed by atoms with van der Waals surface area (Å²) < 4.78 is 39.5. The van der Waals surface area contributed by atoms with E-state index in [4.69, 9.17) is 11.6 Å². The number of hydrogen-bond donors (Lipinski definition) is 1. The highest BCUT2D eigenvalue weighted by molar-refractivity contribution is 6.31. The predicted molar refractivity (Wildman–Crippen MR) is 91.8 cm³/mol. The summed E-state index contributed by atoms with van der Waals surface area (Å²) in [6.07, 6.45) is -4.30. The van der Waals surface area contributed by atoms with Gasteiger partial charge >= 0.3 is 6.18 Å². The molecule has 0 aliphatic carbocycles. The minimum atomic E-state index is -4.63. The van der Waals surface area contributed by atoms with Gasteiger partial charge in [0.05, 0.1) is 15.6 Å². The highest BCUT2D eigenvalue weighted by atomic mass is 35.5. The summed E-state index contributed by atoms with van der Waals surface area (Å²) in [5.74, 6) is -0.431. The summed E-state index contributed by atoms with van der Waals surface area (Å²) in [6.45, 7) is 3.29. The lowest BCUT2D eigenvalue weighted by Crippen LogP contribution is -2.25. The molecule has 0 fully saturated rings. The van der Waals surface area contributed by atoms with Crippen molar-refractivity contribution in [1.29, 1.82) is 0 Å². The third-order valence-corrected chi connectivity index (χ3v) is 4.34. The monoisotopic (exact) mass is 404 g/mol. The largest absolute Gasteiger partial charge is 0.436 e. The molecule has 7 nitrogen and oxygen atoms in total. The van der Waals surface area contributed by atoms with Gasteiger partial charge < -0.3 is 5.32 Å². The third kappa shape index (κ3) is 4.76. The quantitative estimate of drug-likeness (QED) is 0.449. The average Bonchev–Trinajstić information content (AvgIpc) is 2.86. The van der Waals surface area contributed by atoms with E-state index < -0.39 is 27.7 Å². The number of hydrogen-bond acceptors (Lipinski definition) is 4. The zero-order valence-corrected chi connectivity index (χ0v) is 15.2. The van der Waals surface area contributed by atoms with E-state index in [9.17, 15) is 28.1 Å². The molecule has 0 saturated carbocycles. The lowest BCUT2D eigenvalue weighted by atomic mass is 10.1. The number of amides is 1. The molecular formula is C16H16ClF3N4O3. The van der Waals surface area contributed by atoms with Gasteiger partial charge in [0, 0.05) is 30.3 Å². The number of benzene rings is 1. The van der Waals surface area contributed by atoms with Crippen molar-refractivity contribution in [3.05, 3.63) is 55.9 Å². The fourth-order valence-corrected chi connectivity index (χ4v) is 2.70. The Labute approximate surface area is 157 Å². The van der Waals surface area contributed by atoms with Gasteiger partial charge in [-0.3, -0.25) is 19.6 Å². The number of aryl methyl sites for hydroxylation is 2. The van der Waals surface area contributed by atoms with E-state index in [0.29, 0.717) is 12.0 Å². The molecule has 1 aromatic heterocycles. The second-order valence-corrected chi connectivity index (χ2v) is 6.21. The molecule has 2 aromatic rings. The van der Waals surface area contributed by atoms with Crippen LogP contribution in [-0.4, -0.2) is 27.2 Å². The number of nitro benzene ring substituents is 1. The van der Waals surface area contributed by atoms with Crippen molar-refractivity contribution in [2.75, 3.05) is 6.54 Å². The number of rotatable bonds is 6. The standard InChI is InChI=1S/C16H16ClF3N4O3/c1-9-8-11(4-5-12(9)24(26)27)15(25)21-6-3-7-23-10(2)13(17)14(22-23)16(18,19)20/h4-5,8H,3,6-7H2,1-2H3,(H,21,25). The summed E-state index contributed by atoms with van der Waals surface area (Å²) in [6, 6.07) is 3.99. The Kier molecular flexibility index (Phi) is 6.09. The number of nitrogens with one attached hydrogen (secondary N) is 1. The lowest BCUT2D eigenvalue weighted by Gasteiger charge is -2.07. The van der Waals surface area contributed by atoms with E-state index in [1.165, 1.54) is 32.0 Å². The topological polar surface area (TPSA) is 90.1 Å². The fourth-order valence-electron chi connectivity index (χ4n) is 2.46. The molecule has 1 N–H and O–H groups in total. The highest BCUT2D eigenvalue weighted by Gasteiger charge is 2.38. The number of halogens is 4. The van der Waals surface area contributed by atoms with E-state index in [0.717, 1.165) is 4.68 Å². The van der Waals surface area contributed by atoms with Crippen LogP contribution in [0.4, 0.5) is 18.9 Å². The van der Waals surface area contributed by atoms with E-state index in [1.807, 2.05) is 0 Å². The SMILES string of the molecule is Cc1cc(C(=O)NCCCn2nc(C(F)(F)F)c(Cl)c2C)ccc1[N+](=O)[O-]. The molecule has 11 heteroatoms. The van der Waals surface area contributed by atoms with Crippen molar-refractivity contribution in [2.24, 2.45) is 0 Å². The van der Waals surface area contributed by atoms with Crippen molar-refractivity contribution < 1.29 is 22.9 Å². The summed E-state index contributed by atoms with van der Waals surface area (Å²) in [5, 5.41) is 16.4. The number of carbonyl (C=O) groups is 1. The molecule has 0 bridgehead atoms. The zero-order valence-electron chi connectivity index (χ0n) is 14.4. The molecule has 1 aromatic carbocycles. The van der Waals surface area contributed by atoms with Crippen LogP contribution in [0, 0.1) is 24.0 Å². The number of nitrogens with zero attached hydrogens (tertiary/aromatic N) is 3. The summed E-state index contributed by atoms with van der Waals surface area (Å²) in [7, 11) is 0. The Morgan fingerprint density at radius 2 is 2.04 bits per heavy atom. The van der Waals surface area contributed by atoms with Crippen LogP contribution in [0.25, 0.3) is 0 Å². The summed E-state index contributed by atoms with van der Waals surface area (Å²) in [5.41, 5.74) is -0.406. The maximum absolute atomic E-state index is 12.8. The normalized spacial score (nSPS) is 11.5. The van der Waals surface area contributed by atoms with E-state index in [-0.39, 0.29) is 30.0 Å². The van der Waals surface area contributed by atoms with Crippen LogP contribution in [0.5, 0.6) is 0 Å². The van der Waals surface area contributed by atoms with Gasteiger partial charge in [0.25, 0.3) is 11.6 Å². The first kappa shape index (κ1) is 20.7. The van der Waals surface area contributed by atoms with E-state index in [1.54, 1.807) is 0 Å². The Balaban J connectivity index is 1.93. The van der Waals surface area contributed by atoms with Crippen molar-refractivity contribution >= 4 is 23.2 Å². The van der Waals surface area contributed by atoms with Gasteiger partial charge in [0.2, 0.25) is 0 Å². The highest BCUT2D eigenvalue weighted by Crippen LogP contribution is 2.35. The predicted octanol–water partition coefficient (Wildman–Crippen LogP) is 3.90. The average molecular weight is 405 g/mol. The fraction of sp³-hybridized carbons (Fsp3) is 0.375. The van der Waals surface area contributed by atoms with E-state index >= 15 is 0 Å². The van der Waals surface area contributed by atoms with Gasteiger partial charge in [-0.05, 0) is 32.4 Å². The van der Waals surface area contributed by atoms with Crippen LogP contribution >= 0.6 is 11.6 Å². The van der Waals surface area contributed by atoms with Gasteiger partial charge in [-0.2, -0.15) is 18.3 Å². The molecule has 1 amide bonds. The molecule has 0 aliphatic heterocycles. The zero-order chi connectivity index (χ0) is 20.4. The lowest BCUT2D eigenvalue weighted by molar-refractivity contribution is -0.385. The molecule has 0 unspecified atom stereocenters. The van der Waals surface area contributed by atoms with Gasteiger partial charge in [-0.1, -0.05) is 11.6 Å². The third-order valence-electron chi connectivity index (χ3n) is 3.89. The molecule has 0 saturated heterocycles. The van der Waals surface area contributed by atoms with Crippen molar-refractivity contribution in [3.8, 4) is 0 Å². The van der Waals surface area contributed by atoms with Crippen LogP contribution in [0.2, 0.25) is 5.02 Å². The Bertz CT molecular complexity index is 881. The van der Waals surface area contributed by atoms with Crippen LogP contribution in [0.3, 0.4) is 0 Å². The van der Waals surface area contributed by atoms with Crippen molar-refractivity contribution in [3.63, 3.8) is 0 Å². The van der Waals surface area contributed by atoms with Crippen molar-refractivity contribution in [1.82, 2.24) is 15.1 Å². The number of carbonyl (C=O) groups excluding carboxylic acids is 1. The van der Waals surface area contributed by atoms with Gasteiger partial charge in [0.1, 0.15) is 0 Å². The van der Waals surface area contributed by atoms with Crippen molar-refractivity contribution in [2.45, 2.75) is 33.0 Å². The minimum absolute atomic E-state index is 0.0851. The molecular weight excluding hydrogens is 389 g/mol. The minimum Gasteiger partial charge on any atom is -0.352 e.